The van der Waals surface area contributed by atoms with Gasteiger partial charge in [-0.05, 0) is 48.7 Å². The first-order valence-corrected chi connectivity index (χ1v) is 10.2. The maximum Gasteiger partial charge on any atom is 0.254 e. The number of morpholine rings is 1. The van der Waals surface area contributed by atoms with Gasteiger partial charge in [0.25, 0.3) is 5.91 Å². The number of hydrogen-bond acceptors (Lipinski definition) is 4. The van der Waals surface area contributed by atoms with Crippen LogP contribution in [0.25, 0.3) is 0 Å². The van der Waals surface area contributed by atoms with E-state index >= 15 is 0 Å². The third-order valence-corrected chi connectivity index (χ3v) is 5.15. The Morgan fingerprint density at radius 3 is 2.31 bits per heavy atom. The number of amides is 2. The average molecular weight is 396 g/mol. The molecule has 1 atom stereocenters. The van der Waals surface area contributed by atoms with Crippen LogP contribution >= 0.6 is 0 Å². The van der Waals surface area contributed by atoms with Crippen LogP contribution in [0.3, 0.4) is 0 Å². The minimum absolute atomic E-state index is 0.0144. The Morgan fingerprint density at radius 1 is 1.03 bits per heavy atom. The fourth-order valence-corrected chi connectivity index (χ4v) is 3.28. The highest BCUT2D eigenvalue weighted by molar-refractivity contribution is 5.94. The lowest BCUT2D eigenvalue weighted by atomic mass is 10.1. The molecule has 154 valence electrons. The average Bonchev–Trinajstić information content (AvgIpc) is 2.78. The van der Waals surface area contributed by atoms with Crippen molar-refractivity contribution in [2.24, 2.45) is 0 Å². The molecule has 1 heterocycles. The van der Waals surface area contributed by atoms with Crippen molar-refractivity contribution in [3.05, 3.63) is 65.2 Å². The van der Waals surface area contributed by atoms with E-state index in [1.165, 1.54) is 5.56 Å². The van der Waals surface area contributed by atoms with Crippen molar-refractivity contribution in [3.8, 4) is 0 Å². The quantitative estimate of drug-likeness (QED) is 0.756. The van der Waals surface area contributed by atoms with E-state index in [0.29, 0.717) is 31.9 Å². The lowest BCUT2D eigenvalue weighted by Crippen LogP contribution is -2.40. The van der Waals surface area contributed by atoms with E-state index in [-0.39, 0.29) is 24.4 Å². The summed E-state index contributed by atoms with van der Waals surface area (Å²) < 4.78 is 5.28. The molecule has 2 aromatic carbocycles. The molecule has 0 aliphatic carbocycles. The van der Waals surface area contributed by atoms with Crippen LogP contribution in [0.1, 0.15) is 41.4 Å². The van der Waals surface area contributed by atoms with Gasteiger partial charge in [-0.2, -0.15) is 0 Å². The Morgan fingerprint density at radius 2 is 1.69 bits per heavy atom. The summed E-state index contributed by atoms with van der Waals surface area (Å²) in [4.78, 5) is 26.5. The molecular weight excluding hydrogens is 366 g/mol. The van der Waals surface area contributed by atoms with Gasteiger partial charge in [-0.1, -0.05) is 31.2 Å². The fraction of sp³-hybridized carbons (Fsp3) is 0.391. The smallest absolute Gasteiger partial charge is 0.254 e. The molecule has 6 nitrogen and oxygen atoms in total. The van der Waals surface area contributed by atoms with Crippen LogP contribution in [0.5, 0.6) is 0 Å². The van der Waals surface area contributed by atoms with Crippen molar-refractivity contribution < 1.29 is 14.3 Å². The molecule has 1 saturated heterocycles. The number of nitrogens with one attached hydrogen (secondary N) is 2. The summed E-state index contributed by atoms with van der Waals surface area (Å²) in [5.74, 6) is -0.0638. The highest BCUT2D eigenvalue weighted by atomic mass is 16.5. The van der Waals surface area contributed by atoms with E-state index in [9.17, 15) is 9.59 Å². The molecule has 29 heavy (non-hydrogen) atoms. The lowest BCUT2D eigenvalue weighted by Gasteiger charge is -2.26. The van der Waals surface area contributed by atoms with Crippen LogP contribution < -0.4 is 10.6 Å². The summed E-state index contributed by atoms with van der Waals surface area (Å²) in [6.07, 6.45) is 1.00. The predicted octanol–water partition coefficient (Wildman–Crippen LogP) is 3.01. The number of hydrogen-bond donors (Lipinski definition) is 2. The number of carbonyl (C=O) groups is 2. The zero-order chi connectivity index (χ0) is 20.6. The van der Waals surface area contributed by atoms with E-state index in [1.54, 1.807) is 17.0 Å². The van der Waals surface area contributed by atoms with Gasteiger partial charge < -0.3 is 20.3 Å². The van der Waals surface area contributed by atoms with Crippen molar-refractivity contribution in [3.63, 3.8) is 0 Å². The molecule has 3 rings (SSSR count). The van der Waals surface area contributed by atoms with Gasteiger partial charge in [0, 0.05) is 24.3 Å². The third kappa shape index (κ3) is 5.81. The molecule has 0 bridgehead atoms. The van der Waals surface area contributed by atoms with Gasteiger partial charge >= 0.3 is 0 Å². The van der Waals surface area contributed by atoms with Crippen LogP contribution in [-0.4, -0.2) is 49.6 Å². The number of aryl methyl sites for hydroxylation is 1. The molecule has 1 aliphatic heterocycles. The molecule has 6 heteroatoms. The molecule has 2 aromatic rings. The lowest BCUT2D eigenvalue weighted by molar-refractivity contribution is -0.120. The second-order valence-corrected chi connectivity index (χ2v) is 7.22. The zero-order valence-electron chi connectivity index (χ0n) is 17.1. The largest absolute Gasteiger partial charge is 0.378 e. The molecule has 0 spiro atoms. The molecule has 2 N–H and O–H groups in total. The number of anilines is 1. The van der Waals surface area contributed by atoms with Gasteiger partial charge in [-0.3, -0.25) is 9.59 Å². The summed E-state index contributed by atoms with van der Waals surface area (Å²) in [6.45, 7) is 6.69. The van der Waals surface area contributed by atoms with Gasteiger partial charge in [0.15, 0.2) is 0 Å². The summed E-state index contributed by atoms with van der Waals surface area (Å²) >= 11 is 0. The minimum Gasteiger partial charge on any atom is -0.378 e. The van der Waals surface area contributed by atoms with Crippen LogP contribution in [0.15, 0.2) is 48.5 Å². The first-order chi connectivity index (χ1) is 14.1. The van der Waals surface area contributed by atoms with E-state index in [4.69, 9.17) is 4.74 Å². The molecule has 2 amide bonds. The molecule has 1 unspecified atom stereocenters. The SMILES string of the molecule is CCc1ccc(C(C)NC(=O)CNc2ccc(C(=O)N3CCOCC3)cc2)cc1. The Hall–Kier alpha value is -2.86. The topological polar surface area (TPSA) is 70.7 Å². The van der Waals surface area contributed by atoms with Gasteiger partial charge in [-0.25, -0.2) is 0 Å². The number of benzene rings is 2. The fourth-order valence-electron chi connectivity index (χ4n) is 3.28. The maximum absolute atomic E-state index is 12.5. The standard InChI is InChI=1S/C23H29N3O3/c1-3-18-4-6-19(7-5-18)17(2)25-22(27)16-24-21-10-8-20(9-11-21)23(28)26-12-14-29-15-13-26/h4-11,17,24H,3,12-16H2,1-2H3,(H,25,27). The highest BCUT2D eigenvalue weighted by Crippen LogP contribution is 2.15. The number of carbonyl (C=O) groups excluding carboxylic acids is 2. The summed E-state index contributed by atoms with van der Waals surface area (Å²) in [5, 5.41) is 6.11. The molecule has 1 aliphatic rings. The van der Waals surface area contributed by atoms with Crippen molar-refractivity contribution in [1.82, 2.24) is 10.2 Å². The van der Waals surface area contributed by atoms with E-state index in [0.717, 1.165) is 17.7 Å². The zero-order valence-corrected chi connectivity index (χ0v) is 17.1. The first kappa shape index (κ1) is 20.9. The molecular formula is C23H29N3O3. The maximum atomic E-state index is 12.5. The van der Waals surface area contributed by atoms with Crippen LogP contribution in [0, 0.1) is 0 Å². The summed E-state index contributed by atoms with van der Waals surface area (Å²) in [6, 6.07) is 15.5. The van der Waals surface area contributed by atoms with Gasteiger partial charge in [0.05, 0.1) is 25.8 Å². The van der Waals surface area contributed by atoms with E-state index in [2.05, 4.69) is 41.8 Å². The number of nitrogens with zero attached hydrogens (tertiary/aromatic N) is 1. The Balaban J connectivity index is 1.47. The monoisotopic (exact) mass is 395 g/mol. The second kappa shape index (κ2) is 10.1. The Bertz CT molecular complexity index is 812. The first-order valence-electron chi connectivity index (χ1n) is 10.2. The number of rotatable bonds is 7. The van der Waals surface area contributed by atoms with Gasteiger partial charge in [-0.15, -0.1) is 0 Å². The van der Waals surface area contributed by atoms with Gasteiger partial charge in [0.1, 0.15) is 0 Å². The normalized spacial score (nSPS) is 14.9. The highest BCUT2D eigenvalue weighted by Gasteiger charge is 2.18. The second-order valence-electron chi connectivity index (χ2n) is 7.22. The Kier molecular flexibility index (Phi) is 7.25. The molecule has 0 radical (unpaired) electrons. The number of ether oxygens (including phenoxy) is 1. The molecule has 0 saturated carbocycles. The summed E-state index contributed by atoms with van der Waals surface area (Å²) in [7, 11) is 0. The van der Waals surface area contributed by atoms with E-state index in [1.807, 2.05) is 19.1 Å². The van der Waals surface area contributed by atoms with Crippen molar-refractivity contribution >= 4 is 17.5 Å². The van der Waals surface area contributed by atoms with Crippen molar-refractivity contribution in [1.29, 1.82) is 0 Å². The van der Waals surface area contributed by atoms with Crippen LogP contribution in [0.4, 0.5) is 5.69 Å². The predicted molar refractivity (Wildman–Crippen MR) is 114 cm³/mol. The Labute approximate surface area is 172 Å². The van der Waals surface area contributed by atoms with Crippen LogP contribution in [-0.2, 0) is 16.0 Å². The van der Waals surface area contributed by atoms with Gasteiger partial charge in [0.2, 0.25) is 5.91 Å². The minimum atomic E-state index is -0.0782. The summed E-state index contributed by atoms with van der Waals surface area (Å²) in [5.41, 5.74) is 3.82. The molecule has 1 fully saturated rings. The van der Waals surface area contributed by atoms with E-state index < -0.39 is 0 Å². The molecule has 0 aromatic heterocycles. The van der Waals surface area contributed by atoms with Crippen molar-refractivity contribution in [2.45, 2.75) is 26.3 Å². The van der Waals surface area contributed by atoms with Crippen LogP contribution in [0.2, 0.25) is 0 Å². The third-order valence-electron chi connectivity index (χ3n) is 5.15. The van der Waals surface area contributed by atoms with Crippen molar-refractivity contribution in [2.75, 3.05) is 38.2 Å².